The average Bonchev–Trinajstić information content (AvgIpc) is 3.21. The zero-order valence-corrected chi connectivity index (χ0v) is 10.8. The molecule has 1 amide bonds. The van der Waals surface area contributed by atoms with E-state index in [-0.39, 0.29) is 18.6 Å². The summed E-state index contributed by atoms with van der Waals surface area (Å²) in [6, 6.07) is 9.23. The molecule has 1 N–H and O–H groups in total. The van der Waals surface area contributed by atoms with Gasteiger partial charge in [-0.3, -0.25) is 4.79 Å². The Morgan fingerprint density at radius 3 is 2.63 bits per heavy atom. The number of hydrogen-bond donors (Lipinski definition) is 1. The molecule has 1 saturated carbocycles. The smallest absolute Gasteiger partial charge is 0.344 e. The largest absolute Gasteiger partial charge is 0.482 e. The molecular weight excluding hydrogens is 246 g/mol. The molecule has 1 fully saturated rings. The molecule has 5 nitrogen and oxygen atoms in total. The van der Waals surface area contributed by atoms with Crippen LogP contribution in [0.2, 0.25) is 0 Å². The van der Waals surface area contributed by atoms with Crippen molar-refractivity contribution in [3.63, 3.8) is 0 Å². The maximum atomic E-state index is 11.6. The molecule has 1 aliphatic carbocycles. The maximum Gasteiger partial charge on any atom is 0.344 e. The third-order valence-electron chi connectivity index (χ3n) is 2.70. The number of esters is 1. The molecule has 0 radical (unpaired) electrons. The van der Waals surface area contributed by atoms with Crippen molar-refractivity contribution in [1.82, 2.24) is 5.32 Å². The van der Waals surface area contributed by atoms with Gasteiger partial charge in [0.05, 0.1) is 0 Å². The molecule has 0 aliphatic heterocycles. The first kappa shape index (κ1) is 13.4. The van der Waals surface area contributed by atoms with Crippen LogP contribution >= 0.6 is 0 Å². The van der Waals surface area contributed by atoms with Crippen molar-refractivity contribution in [3.05, 3.63) is 30.3 Å². The van der Waals surface area contributed by atoms with Crippen LogP contribution in [0.3, 0.4) is 0 Å². The van der Waals surface area contributed by atoms with Gasteiger partial charge in [0.2, 0.25) is 0 Å². The van der Waals surface area contributed by atoms with Gasteiger partial charge in [0.1, 0.15) is 5.75 Å². The lowest BCUT2D eigenvalue weighted by Crippen LogP contribution is -2.37. The highest BCUT2D eigenvalue weighted by Gasteiger charge is 2.27. The molecule has 0 aromatic heterocycles. The van der Waals surface area contributed by atoms with Gasteiger partial charge in [0, 0.05) is 6.04 Å². The van der Waals surface area contributed by atoms with Crippen molar-refractivity contribution in [2.24, 2.45) is 0 Å². The van der Waals surface area contributed by atoms with Crippen LogP contribution in [0.15, 0.2) is 30.3 Å². The molecule has 1 aromatic carbocycles. The number of hydrogen-bond acceptors (Lipinski definition) is 4. The monoisotopic (exact) mass is 263 g/mol. The van der Waals surface area contributed by atoms with Crippen LogP contribution < -0.4 is 10.1 Å². The summed E-state index contributed by atoms with van der Waals surface area (Å²) in [7, 11) is 0. The van der Waals surface area contributed by atoms with E-state index in [1.165, 1.54) is 0 Å². The fourth-order valence-corrected chi connectivity index (χ4v) is 1.49. The third-order valence-corrected chi connectivity index (χ3v) is 2.70. The SMILES string of the molecule is C[C@@H](OC(=O)COc1ccccc1)C(=O)NC1CC1. The molecule has 1 aliphatic rings. The number of carbonyl (C=O) groups is 2. The standard InChI is InChI=1S/C14H17NO4/c1-10(14(17)15-11-7-8-11)19-13(16)9-18-12-5-3-2-4-6-12/h2-6,10-11H,7-9H2,1H3,(H,15,17)/t10-/m1/s1. The number of amides is 1. The molecule has 0 heterocycles. The summed E-state index contributed by atoms with van der Waals surface area (Å²) in [6.45, 7) is 1.35. The molecule has 5 heteroatoms. The number of carbonyl (C=O) groups excluding carboxylic acids is 2. The first-order chi connectivity index (χ1) is 9.15. The molecule has 1 aromatic rings. The van der Waals surface area contributed by atoms with E-state index in [0.717, 1.165) is 12.8 Å². The Bertz CT molecular complexity index is 442. The summed E-state index contributed by atoms with van der Waals surface area (Å²) < 4.78 is 10.2. The maximum absolute atomic E-state index is 11.6. The minimum atomic E-state index is -0.785. The van der Waals surface area contributed by atoms with Crippen LogP contribution in [-0.4, -0.2) is 30.6 Å². The highest BCUT2D eigenvalue weighted by molar-refractivity contribution is 5.84. The Balaban J connectivity index is 1.69. The zero-order chi connectivity index (χ0) is 13.7. The van der Waals surface area contributed by atoms with Crippen LogP contribution in [-0.2, 0) is 14.3 Å². The highest BCUT2D eigenvalue weighted by atomic mass is 16.6. The van der Waals surface area contributed by atoms with E-state index in [4.69, 9.17) is 9.47 Å². The van der Waals surface area contributed by atoms with Gasteiger partial charge in [0.25, 0.3) is 5.91 Å². The van der Waals surface area contributed by atoms with E-state index < -0.39 is 12.1 Å². The van der Waals surface area contributed by atoms with Gasteiger partial charge in [-0.1, -0.05) is 18.2 Å². The number of nitrogens with one attached hydrogen (secondary N) is 1. The number of para-hydroxylation sites is 1. The second-order valence-electron chi connectivity index (χ2n) is 4.52. The Labute approximate surface area is 111 Å². The lowest BCUT2D eigenvalue weighted by atomic mass is 10.3. The van der Waals surface area contributed by atoms with Crippen molar-refractivity contribution in [1.29, 1.82) is 0 Å². The molecule has 0 bridgehead atoms. The summed E-state index contributed by atoms with van der Waals surface area (Å²) in [5.74, 6) is -0.215. The van der Waals surface area contributed by atoms with Crippen molar-refractivity contribution in [2.45, 2.75) is 31.9 Å². The van der Waals surface area contributed by atoms with E-state index in [1.807, 2.05) is 18.2 Å². The van der Waals surface area contributed by atoms with E-state index in [9.17, 15) is 9.59 Å². The van der Waals surface area contributed by atoms with Gasteiger partial charge in [-0.2, -0.15) is 0 Å². The Morgan fingerprint density at radius 1 is 1.32 bits per heavy atom. The molecular formula is C14H17NO4. The third kappa shape index (κ3) is 4.62. The first-order valence-corrected chi connectivity index (χ1v) is 6.33. The fourth-order valence-electron chi connectivity index (χ4n) is 1.49. The van der Waals surface area contributed by atoms with Crippen molar-refractivity contribution in [3.8, 4) is 5.75 Å². The van der Waals surface area contributed by atoms with Gasteiger partial charge in [-0.05, 0) is 31.9 Å². The van der Waals surface area contributed by atoms with Gasteiger partial charge in [-0.25, -0.2) is 4.79 Å². The molecule has 0 saturated heterocycles. The second-order valence-corrected chi connectivity index (χ2v) is 4.52. The summed E-state index contributed by atoms with van der Waals surface area (Å²) in [4.78, 5) is 23.1. The average molecular weight is 263 g/mol. The predicted molar refractivity (Wildman–Crippen MR) is 68.7 cm³/mol. The van der Waals surface area contributed by atoms with Gasteiger partial charge >= 0.3 is 5.97 Å². The highest BCUT2D eigenvalue weighted by Crippen LogP contribution is 2.18. The van der Waals surface area contributed by atoms with Crippen LogP contribution in [0.25, 0.3) is 0 Å². The number of ether oxygens (including phenoxy) is 2. The topological polar surface area (TPSA) is 64.6 Å². The van der Waals surface area contributed by atoms with Crippen molar-refractivity contribution in [2.75, 3.05) is 6.61 Å². The summed E-state index contributed by atoms with van der Waals surface area (Å²) in [5, 5.41) is 2.78. The second kappa shape index (κ2) is 6.22. The van der Waals surface area contributed by atoms with Crippen LogP contribution in [0.4, 0.5) is 0 Å². The zero-order valence-electron chi connectivity index (χ0n) is 10.8. The molecule has 0 unspecified atom stereocenters. The summed E-state index contributed by atoms with van der Waals surface area (Å²) in [5.41, 5.74) is 0. The molecule has 102 valence electrons. The van der Waals surface area contributed by atoms with Crippen LogP contribution in [0.5, 0.6) is 5.75 Å². The lowest BCUT2D eigenvalue weighted by Gasteiger charge is -2.13. The van der Waals surface area contributed by atoms with E-state index in [1.54, 1.807) is 19.1 Å². The van der Waals surface area contributed by atoms with Crippen molar-refractivity contribution < 1.29 is 19.1 Å². The Kier molecular flexibility index (Phi) is 4.39. The van der Waals surface area contributed by atoms with Crippen molar-refractivity contribution >= 4 is 11.9 Å². The first-order valence-electron chi connectivity index (χ1n) is 6.33. The fraction of sp³-hybridized carbons (Fsp3) is 0.429. The normalized spacial score (nSPS) is 15.4. The minimum Gasteiger partial charge on any atom is -0.482 e. The van der Waals surface area contributed by atoms with Crippen LogP contribution in [0, 0.1) is 0 Å². The van der Waals surface area contributed by atoms with E-state index >= 15 is 0 Å². The molecule has 0 spiro atoms. The van der Waals surface area contributed by atoms with E-state index in [0.29, 0.717) is 5.75 Å². The Hall–Kier alpha value is -2.04. The predicted octanol–water partition coefficient (Wildman–Crippen LogP) is 1.28. The minimum absolute atomic E-state index is 0.203. The molecule has 19 heavy (non-hydrogen) atoms. The quantitative estimate of drug-likeness (QED) is 0.785. The molecule has 1 atom stereocenters. The molecule has 2 rings (SSSR count). The Morgan fingerprint density at radius 2 is 2.00 bits per heavy atom. The van der Waals surface area contributed by atoms with Gasteiger partial charge in [0.15, 0.2) is 12.7 Å². The summed E-state index contributed by atoms with van der Waals surface area (Å²) >= 11 is 0. The van der Waals surface area contributed by atoms with Gasteiger partial charge < -0.3 is 14.8 Å². The van der Waals surface area contributed by atoms with Crippen LogP contribution in [0.1, 0.15) is 19.8 Å². The number of rotatable bonds is 6. The lowest BCUT2D eigenvalue weighted by molar-refractivity contribution is -0.156. The number of benzene rings is 1. The summed E-state index contributed by atoms with van der Waals surface area (Å²) in [6.07, 6.45) is 1.22. The van der Waals surface area contributed by atoms with E-state index in [2.05, 4.69) is 5.32 Å². The van der Waals surface area contributed by atoms with Gasteiger partial charge in [-0.15, -0.1) is 0 Å².